The predicted octanol–water partition coefficient (Wildman–Crippen LogP) is 5.49. The largest absolute Gasteiger partial charge is 0.801 e. The van der Waals surface area contributed by atoms with E-state index in [9.17, 15) is 14.5 Å². The van der Waals surface area contributed by atoms with Crippen molar-refractivity contribution in [2.75, 3.05) is 32.8 Å². The smallest absolute Gasteiger partial charge is 0.351 e. The van der Waals surface area contributed by atoms with E-state index in [0.717, 1.165) is 16.7 Å². The summed E-state index contributed by atoms with van der Waals surface area (Å²) in [7, 11) is 3.21. The van der Waals surface area contributed by atoms with Crippen molar-refractivity contribution in [3.8, 4) is 11.5 Å². The van der Waals surface area contributed by atoms with E-state index < -0.39 is 42.1 Å². The Bertz CT molecular complexity index is 1990. The summed E-state index contributed by atoms with van der Waals surface area (Å²) in [6, 6.07) is 35.1. The normalized spacial score (nSPS) is 18.5. The summed E-state index contributed by atoms with van der Waals surface area (Å²) in [5, 5.41) is 2.65. The Morgan fingerprint density at radius 1 is 0.902 bits per heavy atom. The molecule has 4 aromatic carbocycles. The molecule has 6 rings (SSSR count). The number of carbonyl (C=O) groups is 1. The Balaban J connectivity index is 1.33. The van der Waals surface area contributed by atoms with Crippen LogP contribution in [0.25, 0.3) is 0 Å². The predicted molar refractivity (Wildman–Crippen MR) is 195 cm³/mol. The fourth-order valence-electron chi connectivity index (χ4n) is 6.14. The molecule has 1 unspecified atom stereocenters. The average molecular weight is 727 g/mol. The van der Waals surface area contributed by atoms with Gasteiger partial charge < -0.3 is 33.7 Å². The van der Waals surface area contributed by atoms with Crippen LogP contribution in [0, 0.1) is 0 Å². The molecular weight excluding hydrogens is 689 g/mol. The van der Waals surface area contributed by atoms with Crippen LogP contribution in [0.3, 0.4) is 0 Å². The van der Waals surface area contributed by atoms with Gasteiger partial charge >= 0.3 is 5.69 Å². The van der Waals surface area contributed by atoms with Crippen LogP contribution >= 0.6 is 6.49 Å². The van der Waals surface area contributed by atoms with Crippen molar-refractivity contribution in [2.45, 2.75) is 30.5 Å². The van der Waals surface area contributed by atoms with Crippen LogP contribution in [0.4, 0.5) is 5.82 Å². The minimum atomic E-state index is -3.42. The van der Waals surface area contributed by atoms with Gasteiger partial charge in [0.15, 0.2) is 0 Å². The van der Waals surface area contributed by atoms with Crippen LogP contribution in [0.5, 0.6) is 11.5 Å². The Hall–Kier alpha value is -4.68. The lowest BCUT2D eigenvalue weighted by Crippen LogP contribution is -2.38. The number of rotatable bonds is 13. The summed E-state index contributed by atoms with van der Waals surface area (Å²) < 4.78 is 31.6. The third kappa shape index (κ3) is 8.28. The van der Waals surface area contributed by atoms with Crippen molar-refractivity contribution in [2.24, 2.45) is 0 Å². The molecule has 5 aromatic rings. The Kier molecular flexibility index (Phi) is 11.1. The van der Waals surface area contributed by atoms with Crippen LogP contribution < -0.4 is 25.4 Å². The quantitative estimate of drug-likeness (QED) is 0.123. The summed E-state index contributed by atoms with van der Waals surface area (Å²) in [6.07, 6.45) is -0.799. The van der Waals surface area contributed by atoms with Crippen LogP contribution in [0.15, 0.2) is 126 Å². The standard InChI is InChI=1S/C38H38N3O8PS/c1-45-30-18-14-28(15-19-30)38(27-12-8-5-9-13-27,29-16-20-31(46-2)21-17-29)47-25-33-32(49-50(3,44)51)24-35(48-33)41-23-22-34(40-37(41)43)39-36(42)26-10-6-4-7-11-26/h4-23,32-33,35H,24-25H2,1-3H3,(H,44,51)(H,39,40,42,43)/p-1/t32-,33+,35+,50?/m0/s1. The number of methoxy groups -OCH3 is 2. The molecule has 11 nitrogen and oxygen atoms in total. The summed E-state index contributed by atoms with van der Waals surface area (Å²) in [6.45, 7) is -2.11. The molecule has 0 bridgehead atoms. The molecule has 0 radical (unpaired) electrons. The van der Waals surface area contributed by atoms with Crippen molar-refractivity contribution in [3.05, 3.63) is 154 Å². The molecule has 1 saturated heterocycles. The number of nitrogens with one attached hydrogen (secondary N) is 1. The van der Waals surface area contributed by atoms with E-state index in [0.29, 0.717) is 17.1 Å². The number of aromatic nitrogens is 2. The molecule has 1 amide bonds. The van der Waals surface area contributed by atoms with Crippen molar-refractivity contribution in [1.29, 1.82) is 0 Å². The highest BCUT2D eigenvalue weighted by molar-refractivity contribution is 8.08. The molecule has 1 aromatic heterocycles. The number of carbonyl (C=O) groups excluding carboxylic acids is 1. The van der Waals surface area contributed by atoms with Crippen molar-refractivity contribution < 1.29 is 33.2 Å². The number of hydrogen-bond acceptors (Lipinski definition) is 10. The van der Waals surface area contributed by atoms with Crippen LogP contribution in [0.2, 0.25) is 0 Å². The molecule has 1 N–H and O–H groups in total. The highest BCUT2D eigenvalue weighted by atomic mass is 32.5. The van der Waals surface area contributed by atoms with Gasteiger partial charge in [0.05, 0.1) is 26.9 Å². The van der Waals surface area contributed by atoms with E-state index in [1.807, 2.05) is 78.9 Å². The van der Waals surface area contributed by atoms with Crippen LogP contribution in [-0.2, 0) is 31.4 Å². The number of anilines is 1. The molecule has 51 heavy (non-hydrogen) atoms. The molecule has 1 fully saturated rings. The van der Waals surface area contributed by atoms with Gasteiger partial charge in [-0.2, -0.15) is 4.98 Å². The third-order valence-electron chi connectivity index (χ3n) is 8.56. The average Bonchev–Trinajstić information content (AvgIpc) is 3.53. The first-order valence-corrected chi connectivity index (χ1v) is 19.2. The van der Waals surface area contributed by atoms with Crippen molar-refractivity contribution in [3.63, 3.8) is 0 Å². The minimum absolute atomic E-state index is 0.0448. The van der Waals surface area contributed by atoms with Gasteiger partial charge in [0.25, 0.3) is 5.91 Å². The lowest BCUT2D eigenvalue weighted by atomic mass is 9.80. The van der Waals surface area contributed by atoms with E-state index in [-0.39, 0.29) is 18.8 Å². The fourth-order valence-corrected chi connectivity index (χ4v) is 7.18. The Labute approximate surface area is 300 Å². The van der Waals surface area contributed by atoms with Gasteiger partial charge in [0, 0.05) is 18.2 Å². The lowest BCUT2D eigenvalue weighted by molar-refractivity contribution is -0.187. The summed E-state index contributed by atoms with van der Waals surface area (Å²) in [4.78, 5) is 42.8. The second-order valence-electron chi connectivity index (χ2n) is 11.9. The first kappa shape index (κ1) is 36.1. The Morgan fingerprint density at radius 3 is 1.98 bits per heavy atom. The second-order valence-corrected chi connectivity index (χ2v) is 15.7. The first-order chi connectivity index (χ1) is 24.6. The summed E-state index contributed by atoms with van der Waals surface area (Å²) >= 11 is 5.18. The topological polar surface area (TPSA) is 133 Å². The van der Waals surface area contributed by atoms with Gasteiger partial charge in [-0.1, -0.05) is 84.6 Å². The lowest BCUT2D eigenvalue weighted by Gasteiger charge is -2.38. The van der Waals surface area contributed by atoms with Gasteiger partial charge in [-0.05, 0) is 72.3 Å². The molecule has 0 saturated carbocycles. The molecule has 1 aliphatic heterocycles. The number of amides is 1. The summed E-state index contributed by atoms with van der Waals surface area (Å²) in [5.41, 5.74) is 1.07. The van der Waals surface area contributed by atoms with Gasteiger partial charge in [0.1, 0.15) is 35.2 Å². The van der Waals surface area contributed by atoms with Gasteiger partial charge in [-0.25, -0.2) is 4.79 Å². The SMILES string of the molecule is COc1ccc(C(OC[C@H]2O[C@@H](n3ccc(NC(=O)c4ccccc4)nc3=O)C[C@@H]2OP(C)([O-])=S)(c2ccccc2)c2ccc(OC)cc2)cc1. The molecule has 4 atom stereocenters. The molecule has 13 heteroatoms. The molecule has 264 valence electrons. The maximum absolute atomic E-state index is 13.3. The van der Waals surface area contributed by atoms with E-state index >= 15 is 0 Å². The zero-order chi connectivity index (χ0) is 36.0. The van der Waals surface area contributed by atoms with Gasteiger partial charge in [-0.15, -0.1) is 0 Å². The second kappa shape index (κ2) is 15.7. The van der Waals surface area contributed by atoms with Crippen molar-refractivity contribution >= 4 is 30.0 Å². The zero-order valence-electron chi connectivity index (χ0n) is 28.2. The van der Waals surface area contributed by atoms with Crippen LogP contribution in [-0.4, -0.2) is 55.2 Å². The van der Waals surface area contributed by atoms with Crippen molar-refractivity contribution in [1.82, 2.24) is 9.55 Å². The van der Waals surface area contributed by atoms with E-state index in [1.165, 1.54) is 23.5 Å². The highest BCUT2D eigenvalue weighted by Crippen LogP contribution is 2.45. The highest BCUT2D eigenvalue weighted by Gasteiger charge is 2.43. The number of hydrogen-bond donors (Lipinski definition) is 1. The molecule has 1 aliphatic rings. The van der Waals surface area contributed by atoms with E-state index in [1.54, 1.807) is 44.6 Å². The number of nitrogens with zero attached hydrogens (tertiary/aromatic N) is 2. The fraction of sp³-hybridized carbons (Fsp3) is 0.237. The third-order valence-corrected chi connectivity index (χ3v) is 9.47. The van der Waals surface area contributed by atoms with Crippen LogP contribution in [0.1, 0.15) is 39.7 Å². The number of ether oxygens (including phenoxy) is 4. The summed E-state index contributed by atoms with van der Waals surface area (Å²) in [5.74, 6) is 1.05. The first-order valence-electron chi connectivity index (χ1n) is 16.2. The maximum Gasteiger partial charge on any atom is 0.351 e. The molecular formula is C38H37N3O8PS-. The molecule has 0 spiro atoms. The van der Waals surface area contributed by atoms with E-state index in [2.05, 4.69) is 10.3 Å². The number of benzene rings is 4. The van der Waals surface area contributed by atoms with Gasteiger partial charge in [0.2, 0.25) is 0 Å². The minimum Gasteiger partial charge on any atom is -0.801 e. The monoisotopic (exact) mass is 726 g/mol. The molecule has 2 heterocycles. The maximum atomic E-state index is 13.3. The zero-order valence-corrected chi connectivity index (χ0v) is 29.9. The van der Waals surface area contributed by atoms with E-state index in [4.69, 9.17) is 35.3 Å². The Morgan fingerprint density at radius 2 is 1.45 bits per heavy atom. The van der Waals surface area contributed by atoms with Gasteiger partial charge in [-0.3, -0.25) is 9.36 Å². The molecule has 0 aliphatic carbocycles.